The quantitative estimate of drug-likeness (QED) is 0.269. The fraction of sp³-hybridized carbons (Fsp3) is 0.200. The number of amidine groups is 1. The van der Waals surface area contributed by atoms with Gasteiger partial charge < -0.3 is 10.2 Å². The molecule has 0 spiro atoms. The number of anilines is 1. The number of benzene rings is 4. The molecule has 0 aromatic heterocycles. The van der Waals surface area contributed by atoms with Crippen LogP contribution in [0, 0.1) is 6.92 Å². The summed E-state index contributed by atoms with van der Waals surface area (Å²) >= 11 is 1.41. The van der Waals surface area contributed by atoms with Crippen LogP contribution < -0.4 is 10.2 Å². The second-order valence-corrected chi connectivity index (χ2v) is 11.9. The van der Waals surface area contributed by atoms with E-state index < -0.39 is 0 Å². The van der Waals surface area contributed by atoms with Crippen molar-refractivity contribution in [2.45, 2.75) is 31.6 Å². The first kappa shape index (κ1) is 24.9. The number of thioether (sulfide) groups is 1. The molecule has 0 saturated carbocycles. The van der Waals surface area contributed by atoms with Crippen LogP contribution in [-0.4, -0.2) is 24.2 Å². The molecule has 5 heteroatoms. The lowest BCUT2D eigenvalue weighted by Crippen LogP contribution is -2.37. The first-order valence-corrected chi connectivity index (χ1v) is 14.8. The van der Waals surface area contributed by atoms with E-state index >= 15 is 0 Å². The molecule has 0 bridgehead atoms. The highest BCUT2D eigenvalue weighted by atomic mass is 32.2. The first-order chi connectivity index (χ1) is 19.6. The molecule has 1 saturated heterocycles. The zero-order valence-corrected chi connectivity index (χ0v) is 23.3. The summed E-state index contributed by atoms with van der Waals surface area (Å²) in [5.74, 6) is 0.548. The van der Waals surface area contributed by atoms with Crippen molar-refractivity contribution < 1.29 is 4.79 Å². The van der Waals surface area contributed by atoms with E-state index in [0.29, 0.717) is 21.9 Å². The van der Waals surface area contributed by atoms with Crippen LogP contribution in [-0.2, 0) is 4.79 Å². The summed E-state index contributed by atoms with van der Waals surface area (Å²) in [7, 11) is 0. The van der Waals surface area contributed by atoms with E-state index in [4.69, 9.17) is 4.99 Å². The zero-order chi connectivity index (χ0) is 27.1. The Morgan fingerprint density at radius 3 is 1.98 bits per heavy atom. The minimum atomic E-state index is -0.0980. The molecule has 0 radical (unpaired) electrons. The van der Waals surface area contributed by atoms with E-state index in [9.17, 15) is 4.79 Å². The van der Waals surface area contributed by atoms with Crippen LogP contribution >= 0.6 is 11.8 Å². The van der Waals surface area contributed by atoms with E-state index in [1.54, 1.807) is 0 Å². The first-order valence-electron chi connectivity index (χ1n) is 14.0. The molecule has 0 aliphatic carbocycles. The van der Waals surface area contributed by atoms with Crippen molar-refractivity contribution in [2.75, 3.05) is 18.0 Å². The van der Waals surface area contributed by atoms with Crippen LogP contribution in [0.3, 0.4) is 0 Å². The van der Waals surface area contributed by atoms with Crippen molar-refractivity contribution in [1.82, 2.24) is 5.32 Å². The van der Waals surface area contributed by atoms with Crippen LogP contribution in [0.4, 0.5) is 11.4 Å². The van der Waals surface area contributed by atoms with Crippen LogP contribution in [0.1, 0.15) is 58.1 Å². The van der Waals surface area contributed by atoms with Crippen LogP contribution in [0.2, 0.25) is 0 Å². The van der Waals surface area contributed by atoms with Gasteiger partial charge >= 0.3 is 0 Å². The normalized spacial score (nSPS) is 21.9. The van der Waals surface area contributed by atoms with E-state index in [0.717, 1.165) is 37.2 Å². The Morgan fingerprint density at radius 2 is 1.40 bits per heavy atom. The third-order valence-corrected chi connectivity index (χ3v) is 9.17. The van der Waals surface area contributed by atoms with E-state index in [1.165, 1.54) is 45.3 Å². The standard InChI is InChI=1S/C35H31N3OS/c1-23-12-14-24(15-13-23)20-32-34(39)37-35(40-32)36-27-21-30-28(25-8-4-2-5-9-25)16-18-38-19-17-29(31(22-27)33(30)38)26-10-6-3-7-11-26/h2-15,20-22,28-29H,16-19H2,1H3,(H,36,37,39)/b32-20-/t28-,29-/m0/s1. The molecule has 1 N–H and O–H groups in total. The van der Waals surface area contributed by atoms with Gasteiger partial charge in [0.1, 0.15) is 0 Å². The average Bonchev–Trinajstić information content (AvgIpc) is 3.33. The molecule has 4 aromatic rings. The molecule has 0 unspecified atom stereocenters. The summed E-state index contributed by atoms with van der Waals surface area (Å²) in [5, 5.41) is 3.64. The smallest absolute Gasteiger partial charge is 0.264 e. The lowest BCUT2D eigenvalue weighted by molar-refractivity contribution is -0.115. The van der Waals surface area contributed by atoms with Gasteiger partial charge in [0.05, 0.1) is 10.6 Å². The third-order valence-electron chi connectivity index (χ3n) is 8.26. The van der Waals surface area contributed by atoms with Crippen LogP contribution in [0.15, 0.2) is 107 Å². The van der Waals surface area contributed by atoms with E-state index in [-0.39, 0.29) is 5.91 Å². The molecule has 2 atom stereocenters. The molecular formula is C35H31N3OS. The van der Waals surface area contributed by atoms with Gasteiger partial charge in [0.2, 0.25) is 0 Å². The summed E-state index contributed by atoms with van der Waals surface area (Å²) in [6.45, 7) is 4.19. The van der Waals surface area contributed by atoms with Crippen molar-refractivity contribution >= 4 is 40.3 Å². The maximum absolute atomic E-state index is 12.8. The minimum Gasteiger partial charge on any atom is -0.371 e. The number of amides is 1. The molecule has 198 valence electrons. The fourth-order valence-electron chi connectivity index (χ4n) is 6.32. The molecule has 3 heterocycles. The van der Waals surface area contributed by atoms with Gasteiger partial charge in [-0.25, -0.2) is 4.99 Å². The Balaban J connectivity index is 1.31. The van der Waals surface area contributed by atoms with Gasteiger partial charge in [-0.05, 0) is 77.6 Å². The largest absolute Gasteiger partial charge is 0.371 e. The lowest BCUT2D eigenvalue weighted by Gasteiger charge is -2.43. The van der Waals surface area contributed by atoms with Gasteiger partial charge in [-0.1, -0.05) is 90.5 Å². The molecule has 3 aliphatic rings. The Labute approximate surface area is 239 Å². The highest BCUT2D eigenvalue weighted by Gasteiger charge is 2.35. The molecule has 1 fully saturated rings. The van der Waals surface area contributed by atoms with Crippen molar-refractivity contribution in [3.63, 3.8) is 0 Å². The number of hydrogen-bond acceptors (Lipinski definition) is 4. The van der Waals surface area contributed by atoms with Crippen molar-refractivity contribution in [1.29, 1.82) is 0 Å². The maximum Gasteiger partial charge on any atom is 0.264 e. The van der Waals surface area contributed by atoms with Gasteiger partial charge in [-0.15, -0.1) is 0 Å². The number of aliphatic imine (C=N–C) groups is 1. The molecule has 4 nitrogen and oxygen atoms in total. The molecule has 7 rings (SSSR count). The minimum absolute atomic E-state index is 0.0980. The molecule has 3 aliphatic heterocycles. The van der Waals surface area contributed by atoms with Crippen molar-refractivity contribution in [3.8, 4) is 0 Å². The van der Waals surface area contributed by atoms with Crippen LogP contribution in [0.25, 0.3) is 6.08 Å². The zero-order valence-electron chi connectivity index (χ0n) is 22.5. The van der Waals surface area contributed by atoms with Crippen molar-refractivity contribution in [2.24, 2.45) is 4.99 Å². The number of nitrogens with one attached hydrogen (secondary N) is 1. The second kappa shape index (κ2) is 10.5. The SMILES string of the molecule is Cc1ccc(/C=C2\SC(=Nc3cc4c5c(c3)[C@H](c3ccccc3)CCN5CC[C@H]4c3ccccc3)NC2=O)cc1. The summed E-state index contributed by atoms with van der Waals surface area (Å²) in [6.07, 6.45) is 4.11. The van der Waals surface area contributed by atoms with Gasteiger partial charge in [-0.3, -0.25) is 4.79 Å². The van der Waals surface area contributed by atoms with Gasteiger partial charge in [-0.2, -0.15) is 0 Å². The number of hydrogen-bond donors (Lipinski definition) is 1. The maximum atomic E-state index is 12.8. The second-order valence-electron chi connectivity index (χ2n) is 10.9. The molecular weight excluding hydrogens is 510 g/mol. The van der Waals surface area contributed by atoms with E-state index in [2.05, 4.69) is 102 Å². The number of carbonyl (C=O) groups is 1. The van der Waals surface area contributed by atoms with Gasteiger partial charge in [0.25, 0.3) is 5.91 Å². The lowest BCUT2D eigenvalue weighted by atomic mass is 9.76. The van der Waals surface area contributed by atoms with Crippen molar-refractivity contribution in [3.05, 3.63) is 135 Å². The molecule has 40 heavy (non-hydrogen) atoms. The summed E-state index contributed by atoms with van der Waals surface area (Å²) in [6, 6.07) is 34.4. The number of carbonyl (C=O) groups excluding carboxylic acids is 1. The summed E-state index contributed by atoms with van der Waals surface area (Å²) in [5.41, 5.74) is 9.89. The number of rotatable bonds is 4. The third kappa shape index (κ3) is 4.75. The van der Waals surface area contributed by atoms with Gasteiger partial charge in [0.15, 0.2) is 5.17 Å². The monoisotopic (exact) mass is 541 g/mol. The average molecular weight is 542 g/mol. The van der Waals surface area contributed by atoms with E-state index in [1.807, 2.05) is 18.2 Å². The Bertz CT molecular complexity index is 1550. The van der Waals surface area contributed by atoms with Gasteiger partial charge in [0, 0.05) is 30.6 Å². The summed E-state index contributed by atoms with van der Waals surface area (Å²) < 4.78 is 0. The molecule has 1 amide bonds. The topological polar surface area (TPSA) is 44.7 Å². The highest BCUT2D eigenvalue weighted by molar-refractivity contribution is 8.18. The Morgan fingerprint density at radius 1 is 0.825 bits per heavy atom. The summed E-state index contributed by atoms with van der Waals surface area (Å²) in [4.78, 5) is 21.1. The highest BCUT2D eigenvalue weighted by Crippen LogP contribution is 2.50. The fourth-order valence-corrected chi connectivity index (χ4v) is 7.16. The van der Waals surface area contributed by atoms with Crippen LogP contribution in [0.5, 0.6) is 0 Å². The molecule has 4 aromatic carbocycles. The predicted octanol–water partition coefficient (Wildman–Crippen LogP) is 7.76. The number of nitrogens with zero attached hydrogens (tertiary/aromatic N) is 2. The predicted molar refractivity (Wildman–Crippen MR) is 166 cm³/mol. The Kier molecular flexibility index (Phi) is 6.52. The number of aryl methyl sites for hydroxylation is 1. The Hall–Kier alpha value is -4.09.